The van der Waals surface area contributed by atoms with Crippen LogP contribution >= 0.6 is 0 Å². The molecule has 2 fully saturated rings. The Balaban J connectivity index is 1.39. The number of piperidine rings is 1. The molecule has 0 spiro atoms. The Morgan fingerprint density at radius 1 is 1.07 bits per heavy atom. The van der Waals surface area contributed by atoms with Crippen LogP contribution in [-0.2, 0) is 11.3 Å². The number of carbonyl (C=O) groups is 2. The predicted molar refractivity (Wildman–Crippen MR) is 96.5 cm³/mol. The zero-order chi connectivity index (χ0) is 18.8. The third-order valence-electron chi connectivity index (χ3n) is 5.53. The number of amides is 1. The zero-order valence-corrected chi connectivity index (χ0v) is 14.9. The highest BCUT2D eigenvalue weighted by molar-refractivity contribution is 5.97. The highest BCUT2D eigenvalue weighted by Crippen LogP contribution is 2.40. The summed E-state index contributed by atoms with van der Waals surface area (Å²) in [5, 5.41) is 0. The molecular formula is C21H21FN2O3. The van der Waals surface area contributed by atoms with Gasteiger partial charge in [-0.3, -0.25) is 4.79 Å². The van der Waals surface area contributed by atoms with Crippen LogP contribution in [-0.4, -0.2) is 33.8 Å². The highest BCUT2D eigenvalue weighted by Gasteiger charge is 2.45. The number of ether oxygens (including phenoxy) is 1. The first-order chi connectivity index (χ1) is 13.1. The standard InChI is InChI=1S/C21H21FN2O3/c22-19-9-6-15(12-23-19)20(25)16-10-17-7-8-18(11-16)24(17)21(26)27-13-14-4-2-1-3-5-14/h1-6,9,12,16-18H,7-8,10-11,13H2. The Kier molecular flexibility index (Phi) is 4.88. The minimum absolute atomic E-state index is 0.0169. The SMILES string of the molecule is O=C(c1ccc(F)nc1)C1CC2CCC(C1)N2C(=O)OCc1ccccc1. The summed E-state index contributed by atoms with van der Waals surface area (Å²) < 4.78 is 18.5. The lowest BCUT2D eigenvalue weighted by Gasteiger charge is -2.37. The van der Waals surface area contributed by atoms with E-state index in [1.807, 2.05) is 35.2 Å². The Bertz CT molecular complexity index is 811. The summed E-state index contributed by atoms with van der Waals surface area (Å²) >= 11 is 0. The topological polar surface area (TPSA) is 59.5 Å². The van der Waals surface area contributed by atoms with E-state index in [0.29, 0.717) is 18.4 Å². The Morgan fingerprint density at radius 3 is 2.41 bits per heavy atom. The van der Waals surface area contributed by atoms with Crippen LogP contribution in [0.25, 0.3) is 0 Å². The molecule has 0 aliphatic carbocycles. The van der Waals surface area contributed by atoms with Crippen LogP contribution in [0.1, 0.15) is 41.6 Å². The molecule has 27 heavy (non-hydrogen) atoms. The van der Waals surface area contributed by atoms with E-state index in [4.69, 9.17) is 4.74 Å². The maximum Gasteiger partial charge on any atom is 0.410 e. The minimum atomic E-state index is -0.595. The van der Waals surface area contributed by atoms with Crippen molar-refractivity contribution in [3.63, 3.8) is 0 Å². The highest BCUT2D eigenvalue weighted by atomic mass is 19.1. The first-order valence-corrected chi connectivity index (χ1v) is 9.26. The van der Waals surface area contributed by atoms with Crippen LogP contribution in [0.3, 0.4) is 0 Å². The van der Waals surface area contributed by atoms with Crippen molar-refractivity contribution in [3.05, 3.63) is 65.7 Å². The predicted octanol–water partition coefficient (Wildman–Crippen LogP) is 3.98. The molecule has 2 aliphatic heterocycles. The number of halogens is 1. The summed E-state index contributed by atoms with van der Waals surface area (Å²) in [7, 11) is 0. The zero-order valence-electron chi connectivity index (χ0n) is 14.9. The molecule has 140 valence electrons. The molecule has 2 unspecified atom stereocenters. The second-order valence-corrected chi connectivity index (χ2v) is 7.23. The van der Waals surface area contributed by atoms with Gasteiger partial charge in [0.2, 0.25) is 5.95 Å². The van der Waals surface area contributed by atoms with Crippen molar-refractivity contribution in [2.75, 3.05) is 0 Å². The van der Waals surface area contributed by atoms with Crippen LogP contribution in [0, 0.1) is 11.9 Å². The minimum Gasteiger partial charge on any atom is -0.445 e. The van der Waals surface area contributed by atoms with Crippen molar-refractivity contribution in [2.24, 2.45) is 5.92 Å². The van der Waals surface area contributed by atoms with Gasteiger partial charge in [-0.05, 0) is 43.4 Å². The average molecular weight is 368 g/mol. The van der Waals surface area contributed by atoms with Crippen LogP contribution in [0.2, 0.25) is 0 Å². The Hall–Kier alpha value is -2.76. The normalized spacial score (nSPS) is 23.9. The molecule has 0 radical (unpaired) electrons. The fourth-order valence-corrected chi connectivity index (χ4v) is 4.24. The van der Waals surface area contributed by atoms with Crippen LogP contribution < -0.4 is 0 Å². The molecule has 2 bridgehead atoms. The van der Waals surface area contributed by atoms with Gasteiger partial charge >= 0.3 is 6.09 Å². The summed E-state index contributed by atoms with van der Waals surface area (Å²) in [5.41, 5.74) is 1.38. The van der Waals surface area contributed by atoms with E-state index in [1.165, 1.54) is 18.3 Å². The van der Waals surface area contributed by atoms with Gasteiger partial charge in [0.15, 0.2) is 5.78 Å². The number of ketones is 1. The molecule has 2 saturated heterocycles. The molecule has 3 heterocycles. The van der Waals surface area contributed by atoms with Gasteiger partial charge in [0.05, 0.1) is 0 Å². The van der Waals surface area contributed by atoms with Gasteiger partial charge < -0.3 is 9.64 Å². The fourth-order valence-electron chi connectivity index (χ4n) is 4.24. The summed E-state index contributed by atoms with van der Waals surface area (Å²) in [6.07, 6.45) is 3.99. The second kappa shape index (κ2) is 7.47. The molecule has 5 nitrogen and oxygen atoms in total. The number of pyridine rings is 1. The van der Waals surface area contributed by atoms with E-state index >= 15 is 0 Å². The van der Waals surface area contributed by atoms with E-state index in [1.54, 1.807) is 0 Å². The second-order valence-electron chi connectivity index (χ2n) is 7.23. The molecule has 1 aromatic carbocycles. The third-order valence-corrected chi connectivity index (χ3v) is 5.53. The largest absolute Gasteiger partial charge is 0.445 e. The average Bonchev–Trinajstić information content (AvgIpc) is 2.96. The van der Waals surface area contributed by atoms with Crippen LogP contribution in [0.4, 0.5) is 9.18 Å². The lowest BCUT2D eigenvalue weighted by molar-refractivity contribution is 0.0485. The molecule has 6 heteroatoms. The van der Waals surface area contributed by atoms with E-state index in [-0.39, 0.29) is 36.5 Å². The number of carbonyl (C=O) groups excluding carboxylic acids is 2. The van der Waals surface area contributed by atoms with Gasteiger partial charge in [0.25, 0.3) is 0 Å². The number of hydrogen-bond donors (Lipinski definition) is 0. The van der Waals surface area contributed by atoms with Crippen molar-refractivity contribution in [1.29, 1.82) is 0 Å². The van der Waals surface area contributed by atoms with Crippen molar-refractivity contribution >= 4 is 11.9 Å². The molecule has 2 aromatic rings. The molecule has 0 N–H and O–H groups in total. The molecule has 0 saturated carbocycles. The number of hydrogen-bond acceptors (Lipinski definition) is 4. The molecular weight excluding hydrogens is 347 g/mol. The van der Waals surface area contributed by atoms with E-state index < -0.39 is 5.95 Å². The van der Waals surface area contributed by atoms with Gasteiger partial charge in [0, 0.05) is 29.8 Å². The molecule has 2 aliphatic rings. The first-order valence-electron chi connectivity index (χ1n) is 9.26. The number of Topliss-reactive ketones (excluding diaryl/α,β-unsaturated/α-hetero) is 1. The third kappa shape index (κ3) is 3.70. The van der Waals surface area contributed by atoms with E-state index in [2.05, 4.69) is 4.98 Å². The molecule has 2 atom stereocenters. The van der Waals surface area contributed by atoms with E-state index in [9.17, 15) is 14.0 Å². The molecule has 4 rings (SSSR count). The maximum atomic E-state index is 13.0. The number of benzene rings is 1. The summed E-state index contributed by atoms with van der Waals surface area (Å²) in [6.45, 7) is 0.249. The quantitative estimate of drug-likeness (QED) is 0.605. The number of aromatic nitrogens is 1. The summed E-state index contributed by atoms with van der Waals surface area (Å²) in [4.78, 5) is 30.7. The van der Waals surface area contributed by atoms with Gasteiger partial charge in [0.1, 0.15) is 6.61 Å². The lowest BCUT2D eigenvalue weighted by Crippen LogP contribution is -2.48. The van der Waals surface area contributed by atoms with Gasteiger partial charge in [-0.2, -0.15) is 4.39 Å². The van der Waals surface area contributed by atoms with Crippen molar-refractivity contribution < 1.29 is 18.7 Å². The summed E-state index contributed by atoms with van der Waals surface area (Å²) in [5.74, 6) is -0.771. The van der Waals surface area contributed by atoms with Crippen molar-refractivity contribution in [1.82, 2.24) is 9.88 Å². The van der Waals surface area contributed by atoms with Gasteiger partial charge in [-0.25, -0.2) is 9.78 Å². The first kappa shape index (κ1) is 17.6. The number of fused-ring (bicyclic) bond motifs is 2. The number of nitrogens with zero attached hydrogens (tertiary/aromatic N) is 2. The summed E-state index contributed by atoms with van der Waals surface area (Å²) in [6, 6.07) is 12.3. The van der Waals surface area contributed by atoms with Crippen molar-refractivity contribution in [3.8, 4) is 0 Å². The molecule has 1 amide bonds. The Labute approximate surface area is 157 Å². The smallest absolute Gasteiger partial charge is 0.410 e. The monoisotopic (exact) mass is 368 g/mol. The fraction of sp³-hybridized carbons (Fsp3) is 0.381. The maximum absolute atomic E-state index is 13.0. The number of rotatable bonds is 4. The van der Waals surface area contributed by atoms with Crippen LogP contribution in [0.15, 0.2) is 48.7 Å². The Morgan fingerprint density at radius 2 is 1.78 bits per heavy atom. The van der Waals surface area contributed by atoms with Gasteiger partial charge in [-0.1, -0.05) is 30.3 Å². The molecule has 1 aromatic heterocycles. The van der Waals surface area contributed by atoms with Crippen LogP contribution in [0.5, 0.6) is 0 Å². The van der Waals surface area contributed by atoms with Gasteiger partial charge in [-0.15, -0.1) is 0 Å². The van der Waals surface area contributed by atoms with E-state index in [0.717, 1.165) is 18.4 Å². The lowest BCUT2D eigenvalue weighted by atomic mass is 9.85. The van der Waals surface area contributed by atoms with Crippen molar-refractivity contribution in [2.45, 2.75) is 44.4 Å².